The molecule has 91 heavy (non-hydrogen) atoms. The van der Waals surface area contributed by atoms with Gasteiger partial charge in [0.15, 0.2) is 6.29 Å². The Labute approximate surface area is 562 Å². The summed E-state index contributed by atoms with van der Waals surface area (Å²) in [6, 6.07) is -0.833. The summed E-state index contributed by atoms with van der Waals surface area (Å²) in [6.45, 7) is 3.69. The molecule has 0 aromatic rings. The maximum Gasteiger partial charge on any atom is 0.220 e. The number of carbonyl (C=O) groups is 1. The third kappa shape index (κ3) is 58.5. The first-order valence-electron chi connectivity index (χ1n) is 39.3. The maximum atomic E-state index is 13.2. The number of hydrogen-bond donors (Lipinski definition) is 6. The van der Waals surface area contributed by atoms with Gasteiger partial charge in [0.2, 0.25) is 5.91 Å². The summed E-state index contributed by atoms with van der Waals surface area (Å²) in [4.78, 5) is 13.2. The first-order chi connectivity index (χ1) is 44.8. The van der Waals surface area contributed by atoms with Crippen molar-refractivity contribution in [3.8, 4) is 0 Å². The number of aliphatic hydroxyl groups excluding tert-OH is 5. The molecular weight excluding hydrogens is 1130 g/mol. The molecule has 1 heterocycles. The number of unbranched alkanes of at least 4 members (excludes halogenated alkanes) is 47. The molecule has 0 aromatic heterocycles. The van der Waals surface area contributed by atoms with Crippen LogP contribution in [0.4, 0.5) is 0 Å². The average Bonchev–Trinajstić information content (AvgIpc) is 1.58. The number of nitrogens with one attached hydrogen (secondary N) is 1. The number of amides is 1. The Morgan fingerprint density at radius 3 is 1.05 bits per heavy atom. The Kier molecular flexibility index (Phi) is 66.6. The quantitative estimate of drug-likeness (QED) is 0.0261. The van der Waals surface area contributed by atoms with Gasteiger partial charge in [-0.2, -0.15) is 0 Å². The Morgan fingerprint density at radius 1 is 0.385 bits per heavy atom. The van der Waals surface area contributed by atoms with Crippen LogP contribution in [-0.4, -0.2) is 87.5 Å². The van der Waals surface area contributed by atoms with Crippen LogP contribution >= 0.6 is 0 Å². The lowest BCUT2D eigenvalue weighted by Crippen LogP contribution is -2.60. The molecule has 0 spiro atoms. The minimum Gasteiger partial charge on any atom is -0.394 e. The van der Waals surface area contributed by atoms with Crippen molar-refractivity contribution in [2.75, 3.05) is 13.2 Å². The van der Waals surface area contributed by atoms with Crippen LogP contribution < -0.4 is 5.32 Å². The highest BCUT2D eigenvalue weighted by Crippen LogP contribution is 2.24. The molecule has 0 saturated carbocycles. The summed E-state index contributed by atoms with van der Waals surface area (Å²) < 4.78 is 11.3. The van der Waals surface area contributed by atoms with E-state index in [0.717, 1.165) is 70.6 Å². The molecule has 9 nitrogen and oxygen atoms in total. The van der Waals surface area contributed by atoms with Crippen LogP contribution in [0, 0.1) is 0 Å². The Balaban J connectivity index is 2.10. The lowest BCUT2D eigenvalue weighted by molar-refractivity contribution is -0.302. The molecule has 9 heteroatoms. The van der Waals surface area contributed by atoms with Crippen LogP contribution in [-0.2, 0) is 14.3 Å². The van der Waals surface area contributed by atoms with Gasteiger partial charge in [-0.3, -0.25) is 4.79 Å². The molecule has 0 radical (unpaired) electrons. The lowest BCUT2D eigenvalue weighted by atomic mass is 9.99. The van der Waals surface area contributed by atoms with Crippen molar-refractivity contribution in [1.82, 2.24) is 5.32 Å². The number of ether oxygens (including phenoxy) is 2. The lowest BCUT2D eigenvalue weighted by Gasteiger charge is -2.40. The molecule has 6 N–H and O–H groups in total. The SMILES string of the molecule is CC/C=C\C/C=C\C/C=C\C/C=C\CCCCCCCCCCCCCCCCCCCCCCCCC(=O)NC(COC1OC(CO)C(O)C(O)C1O)C(O)/C=C/CC/C=C/CC/C=C/CCCCCCCCCCCCCCCCCCCCCCCCC. The Bertz CT molecular complexity index is 1720. The van der Waals surface area contributed by atoms with Gasteiger partial charge in [0.25, 0.3) is 0 Å². The minimum absolute atomic E-state index is 0.186. The van der Waals surface area contributed by atoms with Gasteiger partial charge >= 0.3 is 0 Å². The van der Waals surface area contributed by atoms with E-state index in [0.29, 0.717) is 6.42 Å². The van der Waals surface area contributed by atoms with Crippen LogP contribution in [0.3, 0.4) is 0 Å². The van der Waals surface area contributed by atoms with Crippen LogP contribution in [0.5, 0.6) is 0 Å². The van der Waals surface area contributed by atoms with Gasteiger partial charge in [0.1, 0.15) is 24.4 Å². The number of hydrogen-bond acceptors (Lipinski definition) is 8. The van der Waals surface area contributed by atoms with Gasteiger partial charge in [-0.05, 0) is 83.5 Å². The number of rotatable bonds is 69. The van der Waals surface area contributed by atoms with Crippen molar-refractivity contribution >= 4 is 5.91 Å². The largest absolute Gasteiger partial charge is 0.394 e. The normalized spacial score (nSPS) is 18.2. The van der Waals surface area contributed by atoms with Crippen LogP contribution in [0.25, 0.3) is 0 Å². The van der Waals surface area contributed by atoms with E-state index in [9.17, 15) is 30.3 Å². The highest BCUT2D eigenvalue weighted by molar-refractivity contribution is 5.76. The van der Waals surface area contributed by atoms with Gasteiger partial charge in [0.05, 0.1) is 25.4 Å². The fraction of sp³-hybridized carbons (Fsp3) is 0.817. The summed E-state index contributed by atoms with van der Waals surface area (Å²) in [6.07, 6.45) is 94.5. The van der Waals surface area contributed by atoms with Crippen LogP contribution in [0.2, 0.25) is 0 Å². The summed E-state index contributed by atoms with van der Waals surface area (Å²) in [5.41, 5.74) is 0. The molecule has 0 aromatic carbocycles. The standard InChI is InChI=1S/C82H149NO8/c1-3-5-7-9-11-13-15-17-19-21-23-25-27-29-31-33-35-37-38-40-42-44-46-48-50-52-54-56-58-60-62-64-66-68-70-72-78(86)83-75(74-90-82-81(89)80(88)79(87)77(73-84)91-82)76(85)71-69-67-65-63-61-59-57-55-53-51-49-47-45-43-41-39-36-34-32-30-28-26-24-22-20-18-16-14-12-10-8-6-4-2/h5,7,11,13,17,19,23,25,53,55,61,63,69,71,75-77,79-82,84-85,87-89H,3-4,6,8-10,12,14-16,18,20-22,24,26-52,54,56-60,62,64-68,70,72-74H2,1-2H3,(H,83,86)/b7-5-,13-11-,19-17-,25-23-,55-53+,63-61+,71-69+. The molecule has 530 valence electrons. The van der Waals surface area contributed by atoms with Crippen molar-refractivity contribution in [2.24, 2.45) is 0 Å². The number of carbonyl (C=O) groups excluding carboxylic acids is 1. The van der Waals surface area contributed by atoms with Gasteiger partial charge in [0, 0.05) is 6.42 Å². The van der Waals surface area contributed by atoms with E-state index >= 15 is 0 Å². The fourth-order valence-corrected chi connectivity index (χ4v) is 12.4. The second kappa shape index (κ2) is 70.2. The monoisotopic (exact) mass is 1280 g/mol. The first kappa shape index (κ1) is 86.4. The molecule has 7 atom stereocenters. The van der Waals surface area contributed by atoms with E-state index in [1.165, 1.54) is 283 Å². The van der Waals surface area contributed by atoms with Crippen molar-refractivity contribution < 1.29 is 39.8 Å². The zero-order valence-corrected chi connectivity index (χ0v) is 59.6. The molecule has 1 fully saturated rings. The van der Waals surface area contributed by atoms with E-state index in [1.54, 1.807) is 6.08 Å². The van der Waals surface area contributed by atoms with E-state index in [1.807, 2.05) is 6.08 Å². The zero-order chi connectivity index (χ0) is 65.7. The van der Waals surface area contributed by atoms with Gasteiger partial charge in [-0.25, -0.2) is 0 Å². The molecule has 1 rings (SSSR count). The van der Waals surface area contributed by atoms with Crippen LogP contribution in [0.1, 0.15) is 373 Å². The van der Waals surface area contributed by atoms with Gasteiger partial charge in [-0.1, -0.05) is 369 Å². The summed E-state index contributed by atoms with van der Waals surface area (Å²) in [7, 11) is 0. The van der Waals surface area contributed by atoms with Gasteiger partial charge < -0.3 is 40.3 Å². The maximum absolute atomic E-state index is 13.2. The predicted octanol–water partition coefficient (Wildman–Crippen LogP) is 22.4. The molecule has 1 amide bonds. The molecular formula is C82H149NO8. The van der Waals surface area contributed by atoms with E-state index in [-0.39, 0.29) is 12.5 Å². The molecule has 0 bridgehead atoms. The zero-order valence-electron chi connectivity index (χ0n) is 59.6. The highest BCUT2D eigenvalue weighted by atomic mass is 16.7. The molecule has 1 aliphatic rings. The molecule has 0 aliphatic carbocycles. The topological polar surface area (TPSA) is 149 Å². The Morgan fingerprint density at radius 2 is 0.692 bits per heavy atom. The highest BCUT2D eigenvalue weighted by Gasteiger charge is 2.44. The second-order valence-electron chi connectivity index (χ2n) is 27.1. The molecule has 7 unspecified atom stereocenters. The fourth-order valence-electron chi connectivity index (χ4n) is 12.4. The summed E-state index contributed by atoms with van der Waals surface area (Å²) >= 11 is 0. The number of allylic oxidation sites excluding steroid dienone is 13. The van der Waals surface area contributed by atoms with Crippen LogP contribution in [0.15, 0.2) is 85.1 Å². The molecule has 1 aliphatic heterocycles. The van der Waals surface area contributed by atoms with Crippen molar-refractivity contribution in [3.05, 3.63) is 85.1 Å². The molecule has 1 saturated heterocycles. The predicted molar refractivity (Wildman–Crippen MR) is 392 cm³/mol. The number of aliphatic hydroxyl groups is 5. The van der Waals surface area contributed by atoms with Crippen molar-refractivity contribution in [3.63, 3.8) is 0 Å². The third-order valence-corrected chi connectivity index (χ3v) is 18.4. The van der Waals surface area contributed by atoms with Crippen molar-refractivity contribution in [2.45, 2.75) is 416 Å². The first-order valence-corrected chi connectivity index (χ1v) is 39.3. The van der Waals surface area contributed by atoms with E-state index in [4.69, 9.17) is 9.47 Å². The van der Waals surface area contributed by atoms with E-state index < -0.39 is 49.5 Å². The smallest absolute Gasteiger partial charge is 0.220 e. The second-order valence-corrected chi connectivity index (χ2v) is 27.1. The third-order valence-electron chi connectivity index (χ3n) is 18.4. The van der Waals surface area contributed by atoms with Gasteiger partial charge in [-0.15, -0.1) is 0 Å². The Hall–Kier alpha value is -2.63. The minimum atomic E-state index is -1.58. The van der Waals surface area contributed by atoms with E-state index in [2.05, 4.69) is 92.1 Å². The summed E-state index contributed by atoms with van der Waals surface area (Å²) in [5.74, 6) is -0.186. The average molecular weight is 1280 g/mol. The summed E-state index contributed by atoms with van der Waals surface area (Å²) in [5, 5.41) is 54.9. The van der Waals surface area contributed by atoms with Crippen molar-refractivity contribution in [1.29, 1.82) is 0 Å².